The van der Waals surface area contributed by atoms with Crippen molar-refractivity contribution in [2.24, 2.45) is 10.8 Å². The van der Waals surface area contributed by atoms with E-state index in [4.69, 9.17) is 4.74 Å². The molecule has 1 fully saturated rings. The van der Waals surface area contributed by atoms with Crippen molar-refractivity contribution in [3.8, 4) is 11.3 Å². The third-order valence-corrected chi connectivity index (χ3v) is 11.5. The van der Waals surface area contributed by atoms with Crippen molar-refractivity contribution in [2.75, 3.05) is 20.2 Å². The lowest BCUT2D eigenvalue weighted by molar-refractivity contribution is -0.130. The van der Waals surface area contributed by atoms with E-state index in [9.17, 15) is 24.3 Å². The third kappa shape index (κ3) is 12.4. The van der Waals surface area contributed by atoms with E-state index in [2.05, 4.69) is 25.9 Å². The molecule has 4 aromatic rings. The molecular weight excluding hydrogens is 779 g/mol. The van der Waals surface area contributed by atoms with Crippen LogP contribution in [0.1, 0.15) is 75.4 Å². The highest BCUT2D eigenvalue weighted by Crippen LogP contribution is 2.30. The number of ether oxygens (including phenoxy) is 1. The molecule has 1 aliphatic rings. The molecule has 1 saturated heterocycles. The number of pyridine rings is 1. The van der Waals surface area contributed by atoms with E-state index in [0.29, 0.717) is 26.1 Å². The number of hydrogen-bond donors (Lipinski definition) is 4. The van der Waals surface area contributed by atoms with Crippen LogP contribution in [0.5, 0.6) is 0 Å². The second-order valence-electron chi connectivity index (χ2n) is 17.9. The molecule has 60 heavy (non-hydrogen) atoms. The van der Waals surface area contributed by atoms with Crippen molar-refractivity contribution < 1.29 is 29.0 Å². The number of urea groups is 1. The zero-order valence-corrected chi connectivity index (χ0v) is 37.1. The van der Waals surface area contributed by atoms with Crippen LogP contribution < -0.4 is 16.0 Å². The number of benzene rings is 2. The van der Waals surface area contributed by atoms with Gasteiger partial charge < -0.3 is 35.6 Å². The number of nitrogens with one attached hydrogen (secondary N) is 3. The zero-order valence-electron chi connectivity index (χ0n) is 36.3. The van der Waals surface area contributed by atoms with E-state index >= 15 is 0 Å². The van der Waals surface area contributed by atoms with Crippen molar-refractivity contribution in [3.05, 3.63) is 106 Å². The van der Waals surface area contributed by atoms with Crippen LogP contribution in [0.15, 0.2) is 78.3 Å². The Labute approximate surface area is 358 Å². The molecule has 0 radical (unpaired) electrons. The number of aryl methyl sites for hydroxylation is 2. The van der Waals surface area contributed by atoms with E-state index in [1.807, 2.05) is 134 Å². The van der Waals surface area contributed by atoms with Crippen LogP contribution in [0.2, 0.25) is 0 Å². The predicted molar refractivity (Wildman–Crippen MR) is 234 cm³/mol. The topological polar surface area (TPSA) is 166 Å². The maximum absolute atomic E-state index is 14.6. The molecule has 2 aromatic carbocycles. The number of alkyl carbamates (subject to hydrolysis) is 1. The van der Waals surface area contributed by atoms with Crippen LogP contribution in [-0.4, -0.2) is 99.3 Å². The van der Waals surface area contributed by atoms with Gasteiger partial charge in [-0.3, -0.25) is 14.6 Å². The van der Waals surface area contributed by atoms with Crippen molar-refractivity contribution in [2.45, 2.75) is 111 Å². The number of carbonyl (C=O) groups is 4. The number of aromatic nitrogens is 2. The minimum Gasteiger partial charge on any atom is -0.453 e. The van der Waals surface area contributed by atoms with Gasteiger partial charge in [-0.15, -0.1) is 11.3 Å². The first kappa shape index (κ1) is 45.7. The lowest BCUT2D eigenvalue weighted by atomic mass is 9.84. The molecule has 14 heteroatoms. The van der Waals surface area contributed by atoms with Crippen molar-refractivity contribution in [1.82, 2.24) is 35.7 Å². The van der Waals surface area contributed by atoms with E-state index < -0.39 is 53.1 Å². The highest BCUT2D eigenvalue weighted by molar-refractivity contribution is 7.09. The molecule has 5 atom stereocenters. The average Bonchev–Trinajstić information content (AvgIpc) is 3.76. The van der Waals surface area contributed by atoms with Gasteiger partial charge in [-0.25, -0.2) is 14.6 Å². The number of rotatable bonds is 16. The van der Waals surface area contributed by atoms with Gasteiger partial charge in [-0.05, 0) is 66.7 Å². The molecule has 13 nitrogen and oxygen atoms in total. The summed E-state index contributed by atoms with van der Waals surface area (Å²) in [6.45, 7) is 16.4. The molecular formula is C46H61N7O6S. The summed E-state index contributed by atoms with van der Waals surface area (Å²) in [6, 6.07) is 18.0. The van der Waals surface area contributed by atoms with E-state index in [0.717, 1.165) is 38.6 Å². The van der Waals surface area contributed by atoms with Crippen LogP contribution in [0, 0.1) is 24.7 Å². The quantitative estimate of drug-likeness (QED) is 0.1000. The number of nitrogens with zero attached hydrogens (tertiary/aromatic N) is 4. The highest BCUT2D eigenvalue weighted by atomic mass is 32.1. The average molecular weight is 840 g/mol. The van der Waals surface area contributed by atoms with Gasteiger partial charge in [-0.1, -0.05) is 102 Å². The van der Waals surface area contributed by atoms with Gasteiger partial charge in [0.25, 0.3) is 0 Å². The number of carbonyl (C=O) groups excluding carboxylic acids is 4. The molecule has 0 aliphatic carbocycles. The highest BCUT2D eigenvalue weighted by Gasteiger charge is 2.44. The van der Waals surface area contributed by atoms with E-state index in [1.165, 1.54) is 18.4 Å². The van der Waals surface area contributed by atoms with Crippen LogP contribution >= 0.6 is 11.3 Å². The van der Waals surface area contributed by atoms with Crippen molar-refractivity contribution in [3.63, 3.8) is 0 Å². The largest absolute Gasteiger partial charge is 0.453 e. The fraction of sp³-hybridized carbons (Fsp3) is 0.478. The van der Waals surface area contributed by atoms with Crippen LogP contribution in [-0.2, 0) is 33.7 Å². The van der Waals surface area contributed by atoms with E-state index in [-0.39, 0.29) is 24.8 Å². The molecule has 0 saturated carbocycles. The summed E-state index contributed by atoms with van der Waals surface area (Å²) in [6.07, 6.45) is 0.615. The molecule has 0 spiro atoms. The number of aliphatic hydroxyl groups excluding tert-OH is 1. The second kappa shape index (κ2) is 19.8. The summed E-state index contributed by atoms with van der Waals surface area (Å²) in [7, 11) is 1.24. The minimum absolute atomic E-state index is 0.0711. The number of aliphatic hydroxyl groups is 1. The molecule has 1 aliphatic heterocycles. The molecule has 2 aromatic heterocycles. The van der Waals surface area contributed by atoms with Crippen LogP contribution in [0.25, 0.3) is 11.3 Å². The summed E-state index contributed by atoms with van der Waals surface area (Å²) in [5, 5.41) is 24.0. The Kier molecular flexibility index (Phi) is 15.1. The predicted octanol–water partition coefficient (Wildman–Crippen LogP) is 6.45. The van der Waals surface area contributed by atoms with Gasteiger partial charge in [0, 0.05) is 36.3 Å². The van der Waals surface area contributed by atoms with Crippen LogP contribution in [0.3, 0.4) is 0 Å². The van der Waals surface area contributed by atoms with Crippen molar-refractivity contribution in [1.29, 1.82) is 0 Å². The van der Waals surface area contributed by atoms with E-state index in [1.54, 1.807) is 9.80 Å². The molecule has 4 N–H and O–H groups in total. The Morgan fingerprint density at radius 2 is 1.53 bits per heavy atom. The maximum Gasteiger partial charge on any atom is 0.407 e. The Balaban J connectivity index is 1.42. The molecule has 5 amide bonds. The first-order valence-corrected chi connectivity index (χ1v) is 21.4. The van der Waals surface area contributed by atoms with Gasteiger partial charge >= 0.3 is 12.1 Å². The summed E-state index contributed by atoms with van der Waals surface area (Å²) in [5.74, 6) is -0.815. The lowest BCUT2D eigenvalue weighted by Crippen LogP contribution is -2.59. The normalized spacial score (nSPS) is 15.8. The van der Waals surface area contributed by atoms with Gasteiger partial charge in [0.2, 0.25) is 11.8 Å². The van der Waals surface area contributed by atoms with Gasteiger partial charge in [0.05, 0.1) is 42.2 Å². The Morgan fingerprint density at radius 3 is 2.12 bits per heavy atom. The second-order valence-corrected chi connectivity index (χ2v) is 19.0. The molecule has 322 valence electrons. The Morgan fingerprint density at radius 1 is 0.850 bits per heavy atom. The number of methoxy groups -OCH3 is 1. The van der Waals surface area contributed by atoms with Gasteiger partial charge in [0.1, 0.15) is 12.1 Å². The zero-order chi connectivity index (χ0) is 43.8. The van der Waals surface area contributed by atoms with Crippen LogP contribution in [0.4, 0.5) is 9.59 Å². The Hall–Kier alpha value is -5.34. The monoisotopic (exact) mass is 839 g/mol. The van der Waals surface area contributed by atoms with Gasteiger partial charge in [0.15, 0.2) is 0 Å². The van der Waals surface area contributed by atoms with Crippen molar-refractivity contribution >= 4 is 35.3 Å². The lowest BCUT2D eigenvalue weighted by Gasteiger charge is -2.38. The number of amides is 5. The first-order chi connectivity index (χ1) is 28.3. The molecule has 5 unspecified atom stereocenters. The first-order valence-electron chi connectivity index (χ1n) is 20.5. The number of hydrogen-bond acceptors (Lipinski definition) is 9. The maximum atomic E-state index is 14.6. The SMILES string of the molecule is COC(=O)NC(C(=O)NC(Cc1ccc(-c2ccc(C)cn2)cc1)C(O)CC(Cc1ccccc1)NC(=O)C(N1CCN(Cc2csc(C)n2)C1=O)C(C)(C)C)C(C)(C)C. The summed E-state index contributed by atoms with van der Waals surface area (Å²) in [4.78, 5) is 67.4. The fourth-order valence-electron chi connectivity index (χ4n) is 7.60. The summed E-state index contributed by atoms with van der Waals surface area (Å²) < 4.78 is 4.84. The number of thiazole rings is 1. The Bertz CT molecular complexity index is 2060. The summed E-state index contributed by atoms with van der Waals surface area (Å²) >= 11 is 1.53. The molecule has 3 heterocycles. The molecule has 5 rings (SSSR count). The third-order valence-electron chi connectivity index (χ3n) is 10.7. The van der Waals surface area contributed by atoms with Gasteiger partial charge in [-0.2, -0.15) is 0 Å². The fourth-order valence-corrected chi connectivity index (χ4v) is 8.20. The summed E-state index contributed by atoms with van der Waals surface area (Å²) in [5.41, 5.74) is 4.08. The standard InChI is InChI=1S/C46H61N7O6S/c1-29-15-20-36(47-26-29)33-18-16-32(17-19-33)24-37(50-41(55)39(45(3,4)5)51-43(57)59-9)38(54)25-34(23-31-13-11-10-12-14-31)49-42(56)40(46(6,7)8)53-22-21-52(44(53)58)27-35-28-60-30(2)48-35/h10-20,26,28,34,37-40,54H,21-25,27H2,1-9H3,(H,49,56)(H,50,55)(H,51,57). The molecule has 0 bridgehead atoms. The smallest absolute Gasteiger partial charge is 0.407 e. The minimum atomic E-state index is -1.15.